The molecule has 0 fully saturated rings. The summed E-state index contributed by atoms with van der Waals surface area (Å²) in [5, 5.41) is 3.14. The van der Waals surface area contributed by atoms with Gasteiger partial charge in [0.15, 0.2) is 0 Å². The van der Waals surface area contributed by atoms with Crippen molar-refractivity contribution in [3.63, 3.8) is 0 Å². The van der Waals surface area contributed by atoms with Crippen molar-refractivity contribution in [3.8, 4) is 0 Å². The average Bonchev–Trinajstić information content (AvgIpc) is 2.53. The summed E-state index contributed by atoms with van der Waals surface area (Å²) in [7, 11) is 1.63. The van der Waals surface area contributed by atoms with Gasteiger partial charge in [0.2, 0.25) is 0 Å². The van der Waals surface area contributed by atoms with Crippen LogP contribution in [0.15, 0.2) is 12.4 Å². The van der Waals surface area contributed by atoms with Crippen LogP contribution in [0.3, 0.4) is 0 Å². The number of carbonyl (C=O) groups is 1. The summed E-state index contributed by atoms with van der Waals surface area (Å²) >= 11 is 0. The molecule has 0 spiro atoms. The molecular formula is C15H26N4O2. The zero-order chi connectivity index (χ0) is 15.7. The predicted molar refractivity (Wildman–Crippen MR) is 83.5 cm³/mol. The van der Waals surface area contributed by atoms with Gasteiger partial charge < -0.3 is 15.0 Å². The first kappa shape index (κ1) is 17.4. The van der Waals surface area contributed by atoms with Gasteiger partial charge >= 0.3 is 0 Å². The molecule has 0 aliphatic rings. The van der Waals surface area contributed by atoms with Gasteiger partial charge in [0.1, 0.15) is 11.5 Å². The number of hydrogen-bond donors (Lipinski definition) is 1. The zero-order valence-electron chi connectivity index (χ0n) is 13.4. The fraction of sp³-hybridized carbons (Fsp3) is 0.667. The number of rotatable bonds is 9. The molecule has 0 saturated heterocycles. The summed E-state index contributed by atoms with van der Waals surface area (Å²) in [5.74, 6) is 0.594. The van der Waals surface area contributed by atoms with Crippen LogP contribution >= 0.6 is 0 Å². The zero-order valence-corrected chi connectivity index (χ0v) is 13.4. The molecule has 1 aromatic heterocycles. The molecule has 6 nitrogen and oxygen atoms in total. The Morgan fingerprint density at radius 2 is 2.14 bits per heavy atom. The standard InChI is InChI=1S/C15H26N4O2/c1-5-7-16-14-11-17-13(10-18-14)15(20)19(8-9-21-4)12(3)6-2/h10-12H,5-9H2,1-4H3,(H,16,18). The quantitative estimate of drug-likeness (QED) is 0.756. The third-order valence-electron chi connectivity index (χ3n) is 3.35. The molecule has 1 amide bonds. The van der Waals surface area contributed by atoms with Gasteiger partial charge in [-0.05, 0) is 19.8 Å². The van der Waals surface area contributed by atoms with Gasteiger partial charge in [0.25, 0.3) is 5.91 Å². The molecule has 0 aliphatic heterocycles. The summed E-state index contributed by atoms with van der Waals surface area (Å²) in [6.45, 7) is 8.08. The topological polar surface area (TPSA) is 67.4 Å². The molecular weight excluding hydrogens is 268 g/mol. The fourth-order valence-corrected chi connectivity index (χ4v) is 1.86. The monoisotopic (exact) mass is 294 g/mol. The van der Waals surface area contributed by atoms with Crippen LogP contribution in [0.1, 0.15) is 44.1 Å². The van der Waals surface area contributed by atoms with Crippen LogP contribution < -0.4 is 5.32 Å². The maximum absolute atomic E-state index is 12.5. The Hall–Kier alpha value is -1.69. The molecule has 1 unspecified atom stereocenters. The Kier molecular flexibility index (Phi) is 7.68. The van der Waals surface area contributed by atoms with E-state index in [1.807, 2.05) is 6.92 Å². The first-order valence-electron chi connectivity index (χ1n) is 7.49. The predicted octanol–water partition coefficient (Wildman–Crippen LogP) is 2.19. The molecule has 1 N–H and O–H groups in total. The Morgan fingerprint density at radius 1 is 1.38 bits per heavy atom. The minimum atomic E-state index is -0.101. The summed E-state index contributed by atoms with van der Waals surface area (Å²) in [5.41, 5.74) is 0.369. The highest BCUT2D eigenvalue weighted by atomic mass is 16.5. The molecule has 0 saturated carbocycles. The van der Waals surface area contributed by atoms with E-state index in [1.54, 1.807) is 18.2 Å². The summed E-state index contributed by atoms with van der Waals surface area (Å²) in [4.78, 5) is 22.8. The lowest BCUT2D eigenvalue weighted by Gasteiger charge is -2.28. The number of carbonyl (C=O) groups excluding carboxylic acids is 1. The van der Waals surface area contributed by atoms with E-state index >= 15 is 0 Å². The van der Waals surface area contributed by atoms with Gasteiger partial charge in [-0.3, -0.25) is 4.79 Å². The second kappa shape index (κ2) is 9.28. The van der Waals surface area contributed by atoms with Crippen molar-refractivity contribution >= 4 is 11.7 Å². The van der Waals surface area contributed by atoms with Crippen LogP contribution in [0.5, 0.6) is 0 Å². The summed E-state index contributed by atoms with van der Waals surface area (Å²) < 4.78 is 5.08. The molecule has 21 heavy (non-hydrogen) atoms. The average molecular weight is 294 g/mol. The first-order valence-corrected chi connectivity index (χ1v) is 7.49. The lowest BCUT2D eigenvalue weighted by molar-refractivity contribution is 0.0607. The number of anilines is 1. The van der Waals surface area contributed by atoms with Crippen molar-refractivity contribution in [2.45, 2.75) is 39.7 Å². The van der Waals surface area contributed by atoms with Crippen LogP contribution in [0.25, 0.3) is 0 Å². The van der Waals surface area contributed by atoms with E-state index in [2.05, 4.69) is 29.1 Å². The van der Waals surface area contributed by atoms with Gasteiger partial charge in [0.05, 0.1) is 19.0 Å². The molecule has 0 radical (unpaired) electrons. The van der Waals surface area contributed by atoms with E-state index in [4.69, 9.17) is 4.74 Å². The number of hydrogen-bond acceptors (Lipinski definition) is 5. The van der Waals surface area contributed by atoms with Crippen molar-refractivity contribution < 1.29 is 9.53 Å². The molecule has 0 aliphatic carbocycles. The Bertz CT molecular complexity index is 422. The van der Waals surface area contributed by atoms with Crippen molar-refractivity contribution in [1.82, 2.24) is 14.9 Å². The van der Waals surface area contributed by atoms with Crippen LogP contribution in [0.2, 0.25) is 0 Å². The highest BCUT2D eigenvalue weighted by Gasteiger charge is 2.21. The van der Waals surface area contributed by atoms with E-state index in [9.17, 15) is 4.79 Å². The third-order valence-corrected chi connectivity index (χ3v) is 3.35. The number of nitrogens with zero attached hydrogens (tertiary/aromatic N) is 3. The molecule has 1 heterocycles. The largest absolute Gasteiger partial charge is 0.383 e. The smallest absolute Gasteiger partial charge is 0.274 e. The fourth-order valence-electron chi connectivity index (χ4n) is 1.86. The molecule has 118 valence electrons. The van der Waals surface area contributed by atoms with Gasteiger partial charge in [-0.25, -0.2) is 9.97 Å². The molecule has 1 aromatic rings. The van der Waals surface area contributed by atoms with Crippen molar-refractivity contribution in [1.29, 1.82) is 0 Å². The SMILES string of the molecule is CCCNc1cnc(C(=O)N(CCOC)C(C)CC)cn1. The Morgan fingerprint density at radius 3 is 2.67 bits per heavy atom. The number of ether oxygens (including phenoxy) is 1. The normalized spacial score (nSPS) is 12.0. The molecule has 6 heteroatoms. The molecule has 1 atom stereocenters. The molecule has 0 aromatic carbocycles. The van der Waals surface area contributed by atoms with E-state index in [0.717, 1.165) is 19.4 Å². The van der Waals surface area contributed by atoms with Crippen LogP contribution in [-0.4, -0.2) is 53.6 Å². The minimum absolute atomic E-state index is 0.101. The van der Waals surface area contributed by atoms with Gasteiger partial charge in [0, 0.05) is 26.2 Å². The second-order valence-corrected chi connectivity index (χ2v) is 4.96. The van der Waals surface area contributed by atoms with Crippen LogP contribution in [0.4, 0.5) is 5.82 Å². The number of amides is 1. The van der Waals surface area contributed by atoms with E-state index in [-0.39, 0.29) is 11.9 Å². The first-order chi connectivity index (χ1) is 10.1. The number of aromatic nitrogens is 2. The Balaban J connectivity index is 2.77. The molecule has 1 rings (SSSR count). The lowest BCUT2D eigenvalue weighted by atomic mass is 10.2. The maximum atomic E-state index is 12.5. The van der Waals surface area contributed by atoms with Crippen molar-refractivity contribution in [2.24, 2.45) is 0 Å². The van der Waals surface area contributed by atoms with Crippen molar-refractivity contribution in [2.75, 3.05) is 32.1 Å². The number of methoxy groups -OCH3 is 1. The van der Waals surface area contributed by atoms with E-state index in [0.29, 0.717) is 24.7 Å². The van der Waals surface area contributed by atoms with E-state index < -0.39 is 0 Å². The van der Waals surface area contributed by atoms with Crippen LogP contribution in [-0.2, 0) is 4.74 Å². The second-order valence-electron chi connectivity index (χ2n) is 4.96. The van der Waals surface area contributed by atoms with Gasteiger partial charge in [-0.2, -0.15) is 0 Å². The number of nitrogens with one attached hydrogen (secondary N) is 1. The third kappa shape index (κ3) is 5.30. The lowest BCUT2D eigenvalue weighted by Crippen LogP contribution is -2.40. The minimum Gasteiger partial charge on any atom is -0.383 e. The summed E-state index contributed by atoms with van der Waals surface area (Å²) in [6, 6.07) is 0.146. The highest BCUT2D eigenvalue weighted by Crippen LogP contribution is 2.10. The summed E-state index contributed by atoms with van der Waals surface area (Å²) in [6.07, 6.45) is 5.04. The van der Waals surface area contributed by atoms with E-state index in [1.165, 1.54) is 6.20 Å². The van der Waals surface area contributed by atoms with Gasteiger partial charge in [-0.15, -0.1) is 0 Å². The Labute approximate surface area is 126 Å². The van der Waals surface area contributed by atoms with Gasteiger partial charge in [-0.1, -0.05) is 13.8 Å². The highest BCUT2D eigenvalue weighted by molar-refractivity contribution is 5.92. The van der Waals surface area contributed by atoms with Crippen molar-refractivity contribution in [3.05, 3.63) is 18.1 Å². The molecule has 0 bridgehead atoms. The van der Waals surface area contributed by atoms with Crippen LogP contribution in [0, 0.1) is 0 Å². The maximum Gasteiger partial charge on any atom is 0.274 e.